The van der Waals surface area contributed by atoms with Crippen molar-refractivity contribution >= 4 is 10.0 Å². The molecule has 3 nitrogen and oxygen atoms in total. The number of nitrogens with zero attached hydrogens (tertiary/aromatic N) is 1. The van der Waals surface area contributed by atoms with Gasteiger partial charge in [0.1, 0.15) is 0 Å². The summed E-state index contributed by atoms with van der Waals surface area (Å²) in [5.74, 6) is 1.71. The summed E-state index contributed by atoms with van der Waals surface area (Å²) in [6, 6.07) is 8.78. The van der Waals surface area contributed by atoms with E-state index in [0.29, 0.717) is 4.90 Å². The van der Waals surface area contributed by atoms with E-state index in [-0.39, 0.29) is 5.41 Å². The quantitative estimate of drug-likeness (QED) is 0.457. The largest absolute Gasteiger partial charge is 0.243 e. The molecule has 1 spiro atoms. The molecular formula is C27H53NO2S. The third-order valence-corrected chi connectivity index (χ3v) is 7.41. The number of rotatable bonds is 4. The van der Waals surface area contributed by atoms with Crippen LogP contribution in [0.3, 0.4) is 0 Å². The van der Waals surface area contributed by atoms with Gasteiger partial charge in [-0.2, -0.15) is 4.31 Å². The molecule has 1 saturated heterocycles. The van der Waals surface area contributed by atoms with E-state index in [1.165, 1.54) is 38.5 Å². The molecule has 31 heavy (non-hydrogen) atoms. The molecule has 0 radical (unpaired) electrons. The molecule has 1 aromatic rings. The van der Waals surface area contributed by atoms with Crippen LogP contribution in [0.25, 0.3) is 0 Å². The van der Waals surface area contributed by atoms with E-state index in [9.17, 15) is 8.42 Å². The zero-order valence-electron chi connectivity index (χ0n) is 22.4. The minimum Gasteiger partial charge on any atom is -0.207 e. The van der Waals surface area contributed by atoms with Crippen molar-refractivity contribution in [1.29, 1.82) is 0 Å². The van der Waals surface area contributed by atoms with Crippen LogP contribution in [0, 0.1) is 17.3 Å². The van der Waals surface area contributed by atoms with E-state index in [2.05, 4.69) is 27.7 Å². The zero-order chi connectivity index (χ0) is 24.5. The molecular weight excluding hydrogens is 402 g/mol. The summed E-state index contributed by atoms with van der Waals surface area (Å²) in [6.45, 7) is 22.5. The smallest absolute Gasteiger partial charge is 0.207 e. The highest BCUT2D eigenvalue weighted by Crippen LogP contribution is 2.47. The summed E-state index contributed by atoms with van der Waals surface area (Å²) in [6.07, 6.45) is 7.58. The number of hydrogen-bond donors (Lipinski definition) is 0. The predicted octanol–water partition coefficient (Wildman–Crippen LogP) is 8.41. The standard InChI is InChI=1S/C15H21NO2S.C6H14.3C2H6/c1-13-7-9-15(10-8-13)11-16(12-15)19(17,18)14-5-3-2-4-6-14;1-4-5-6(2)3;3*1-2/h2-6,13H,7-12H2,1H3;6H,4-5H2,1-3H3;3*1-2H3. The Bertz CT molecular complexity index is 610. The first-order valence-electron chi connectivity index (χ1n) is 12.8. The van der Waals surface area contributed by atoms with Gasteiger partial charge in [0.15, 0.2) is 0 Å². The molecule has 0 aromatic heterocycles. The fourth-order valence-corrected chi connectivity index (χ4v) is 5.57. The molecule has 0 bridgehead atoms. The molecule has 1 aliphatic heterocycles. The first kappa shape index (κ1) is 32.3. The van der Waals surface area contributed by atoms with Crippen molar-refractivity contribution in [3.8, 4) is 0 Å². The van der Waals surface area contributed by atoms with E-state index in [1.807, 2.05) is 47.6 Å². The average molecular weight is 456 g/mol. The predicted molar refractivity (Wildman–Crippen MR) is 139 cm³/mol. The molecule has 0 amide bonds. The first-order chi connectivity index (χ1) is 14.8. The van der Waals surface area contributed by atoms with Crippen LogP contribution in [0.1, 0.15) is 108 Å². The molecule has 184 valence electrons. The van der Waals surface area contributed by atoms with Crippen molar-refractivity contribution < 1.29 is 8.42 Å². The van der Waals surface area contributed by atoms with E-state index in [1.54, 1.807) is 28.6 Å². The second-order valence-electron chi connectivity index (χ2n) is 8.45. The molecule has 0 atom stereocenters. The first-order valence-corrected chi connectivity index (χ1v) is 14.3. The Hall–Kier alpha value is -0.870. The topological polar surface area (TPSA) is 37.4 Å². The van der Waals surface area contributed by atoms with Crippen molar-refractivity contribution in [3.05, 3.63) is 30.3 Å². The molecule has 2 aliphatic rings. The highest BCUT2D eigenvalue weighted by molar-refractivity contribution is 7.89. The Balaban J connectivity index is 0. The van der Waals surface area contributed by atoms with Gasteiger partial charge in [-0.25, -0.2) is 8.42 Å². The lowest BCUT2D eigenvalue weighted by molar-refractivity contribution is 0.0178. The summed E-state index contributed by atoms with van der Waals surface area (Å²) in [5, 5.41) is 0. The van der Waals surface area contributed by atoms with Crippen molar-refractivity contribution in [2.75, 3.05) is 13.1 Å². The SMILES string of the molecule is CC.CC.CC.CC1CCC2(CC1)CN(S(=O)(=O)c1ccccc1)C2.CCCC(C)C. The molecule has 1 heterocycles. The molecule has 1 aliphatic carbocycles. The number of benzene rings is 1. The van der Waals surface area contributed by atoms with Gasteiger partial charge in [-0.1, -0.05) is 113 Å². The van der Waals surface area contributed by atoms with Crippen LogP contribution in [-0.2, 0) is 10.0 Å². The number of sulfonamides is 1. The monoisotopic (exact) mass is 455 g/mol. The van der Waals surface area contributed by atoms with Gasteiger partial charge in [-0.05, 0) is 42.2 Å². The summed E-state index contributed by atoms with van der Waals surface area (Å²) in [5.41, 5.74) is 0.286. The van der Waals surface area contributed by atoms with Gasteiger partial charge in [0.2, 0.25) is 10.0 Å². The number of hydrogen-bond acceptors (Lipinski definition) is 2. The lowest BCUT2D eigenvalue weighted by atomic mass is 9.67. The minimum absolute atomic E-state index is 0.286. The normalized spacial score (nSPS) is 17.4. The van der Waals surface area contributed by atoms with Gasteiger partial charge in [0.05, 0.1) is 4.90 Å². The Labute approximate surface area is 196 Å². The van der Waals surface area contributed by atoms with Crippen LogP contribution in [0.15, 0.2) is 35.2 Å². The maximum atomic E-state index is 12.4. The summed E-state index contributed by atoms with van der Waals surface area (Å²) in [4.78, 5) is 0.425. The van der Waals surface area contributed by atoms with E-state index in [0.717, 1.165) is 24.9 Å². The molecule has 3 rings (SSSR count). The van der Waals surface area contributed by atoms with E-state index in [4.69, 9.17) is 0 Å². The van der Waals surface area contributed by atoms with Gasteiger partial charge in [-0.15, -0.1) is 0 Å². The Kier molecular flexibility index (Phi) is 18.4. The molecule has 1 aromatic carbocycles. The molecule has 0 unspecified atom stereocenters. The fraction of sp³-hybridized carbons (Fsp3) is 0.778. The maximum Gasteiger partial charge on any atom is 0.243 e. The second kappa shape index (κ2) is 17.7. The van der Waals surface area contributed by atoms with Gasteiger partial charge >= 0.3 is 0 Å². The van der Waals surface area contributed by atoms with Gasteiger partial charge in [-0.3, -0.25) is 0 Å². The van der Waals surface area contributed by atoms with Crippen LogP contribution < -0.4 is 0 Å². The third-order valence-electron chi connectivity index (χ3n) is 5.61. The Morgan fingerprint density at radius 1 is 0.935 bits per heavy atom. The molecule has 2 fully saturated rings. The van der Waals surface area contributed by atoms with Gasteiger partial charge in [0, 0.05) is 13.1 Å². The van der Waals surface area contributed by atoms with Crippen molar-refractivity contribution in [2.24, 2.45) is 17.3 Å². The van der Waals surface area contributed by atoms with Crippen LogP contribution in [-0.4, -0.2) is 25.8 Å². The molecule has 0 N–H and O–H groups in total. The van der Waals surface area contributed by atoms with Crippen molar-refractivity contribution in [1.82, 2.24) is 4.31 Å². The lowest BCUT2D eigenvalue weighted by Crippen LogP contribution is -2.59. The average Bonchev–Trinajstić information content (AvgIpc) is 2.78. The molecule has 1 saturated carbocycles. The van der Waals surface area contributed by atoms with Gasteiger partial charge in [0.25, 0.3) is 0 Å². The second-order valence-corrected chi connectivity index (χ2v) is 10.4. The van der Waals surface area contributed by atoms with Crippen LogP contribution in [0.2, 0.25) is 0 Å². The highest BCUT2D eigenvalue weighted by atomic mass is 32.2. The Morgan fingerprint density at radius 3 is 1.74 bits per heavy atom. The lowest BCUT2D eigenvalue weighted by Gasteiger charge is -2.52. The maximum absolute atomic E-state index is 12.4. The summed E-state index contributed by atoms with van der Waals surface area (Å²) < 4.78 is 26.5. The summed E-state index contributed by atoms with van der Waals surface area (Å²) in [7, 11) is -3.26. The molecule has 4 heteroatoms. The third kappa shape index (κ3) is 11.0. The van der Waals surface area contributed by atoms with Crippen LogP contribution in [0.5, 0.6) is 0 Å². The highest BCUT2D eigenvalue weighted by Gasteiger charge is 2.49. The van der Waals surface area contributed by atoms with Gasteiger partial charge < -0.3 is 0 Å². The van der Waals surface area contributed by atoms with E-state index >= 15 is 0 Å². The van der Waals surface area contributed by atoms with Crippen LogP contribution >= 0.6 is 0 Å². The summed E-state index contributed by atoms with van der Waals surface area (Å²) >= 11 is 0. The van der Waals surface area contributed by atoms with E-state index < -0.39 is 10.0 Å². The fourth-order valence-electron chi connectivity index (χ4n) is 3.88. The van der Waals surface area contributed by atoms with Crippen molar-refractivity contribution in [2.45, 2.75) is 113 Å². The minimum atomic E-state index is -3.26. The van der Waals surface area contributed by atoms with Crippen molar-refractivity contribution in [3.63, 3.8) is 0 Å². The Morgan fingerprint density at radius 2 is 1.39 bits per heavy atom. The van der Waals surface area contributed by atoms with Crippen LogP contribution in [0.4, 0.5) is 0 Å². The zero-order valence-corrected chi connectivity index (χ0v) is 23.2.